The van der Waals surface area contributed by atoms with Gasteiger partial charge in [-0.2, -0.15) is 0 Å². The molecule has 0 saturated heterocycles. The van der Waals surface area contributed by atoms with E-state index in [0.717, 1.165) is 10.9 Å². The summed E-state index contributed by atoms with van der Waals surface area (Å²) in [6.07, 6.45) is 1.72. The van der Waals surface area contributed by atoms with Crippen molar-refractivity contribution in [2.24, 2.45) is 0 Å². The lowest BCUT2D eigenvalue weighted by Gasteiger charge is -2.09. The van der Waals surface area contributed by atoms with E-state index >= 15 is 0 Å². The molecule has 0 fully saturated rings. The largest absolute Gasteiger partial charge is 0.465 e. The Bertz CT molecular complexity index is 651. The average Bonchev–Trinajstić information content (AvgIpc) is 2.94. The lowest BCUT2D eigenvalue weighted by molar-refractivity contribution is 0.0603. The highest BCUT2D eigenvalue weighted by Gasteiger charge is 2.13. The van der Waals surface area contributed by atoms with E-state index in [4.69, 9.17) is 9.47 Å². The molecule has 112 valence electrons. The zero-order valence-electron chi connectivity index (χ0n) is 11.9. The van der Waals surface area contributed by atoms with Gasteiger partial charge < -0.3 is 25.1 Å². The molecule has 0 radical (unpaired) electrons. The number of amides is 2. The maximum absolute atomic E-state index is 11.8. The number of hydrogen-bond acceptors (Lipinski definition) is 4. The highest BCUT2D eigenvalue weighted by molar-refractivity contribution is 6.06. The molecule has 0 spiro atoms. The summed E-state index contributed by atoms with van der Waals surface area (Å²) in [6, 6.07) is 4.74. The zero-order chi connectivity index (χ0) is 15.2. The highest BCUT2D eigenvalue weighted by Crippen LogP contribution is 2.23. The number of aromatic nitrogens is 1. The Kier molecular flexibility index (Phi) is 4.78. The van der Waals surface area contributed by atoms with Crippen LogP contribution in [0.2, 0.25) is 0 Å². The van der Waals surface area contributed by atoms with Gasteiger partial charge in [0.15, 0.2) is 0 Å². The van der Waals surface area contributed by atoms with Crippen molar-refractivity contribution in [1.29, 1.82) is 0 Å². The van der Waals surface area contributed by atoms with Gasteiger partial charge in [0.1, 0.15) is 0 Å². The summed E-state index contributed by atoms with van der Waals surface area (Å²) < 4.78 is 9.60. The first-order chi connectivity index (χ1) is 10.2. The number of esters is 1. The van der Waals surface area contributed by atoms with Gasteiger partial charge in [0.2, 0.25) is 0 Å². The number of aromatic amines is 1. The Morgan fingerprint density at radius 2 is 2.10 bits per heavy atom. The van der Waals surface area contributed by atoms with Crippen LogP contribution in [0, 0.1) is 0 Å². The van der Waals surface area contributed by atoms with Gasteiger partial charge >= 0.3 is 12.0 Å². The lowest BCUT2D eigenvalue weighted by Crippen LogP contribution is -2.31. The molecule has 2 rings (SSSR count). The van der Waals surface area contributed by atoms with Gasteiger partial charge in [-0.05, 0) is 18.2 Å². The molecule has 21 heavy (non-hydrogen) atoms. The summed E-state index contributed by atoms with van der Waals surface area (Å²) in [4.78, 5) is 26.5. The quantitative estimate of drug-likeness (QED) is 0.577. The number of nitrogens with one attached hydrogen (secondary N) is 3. The third-order valence-electron chi connectivity index (χ3n) is 2.92. The van der Waals surface area contributed by atoms with Crippen molar-refractivity contribution in [2.45, 2.75) is 0 Å². The summed E-state index contributed by atoms with van der Waals surface area (Å²) >= 11 is 0. The van der Waals surface area contributed by atoms with Gasteiger partial charge in [-0.1, -0.05) is 0 Å². The molecular formula is C14H17N3O4. The molecule has 1 aromatic carbocycles. The number of benzene rings is 1. The van der Waals surface area contributed by atoms with Crippen LogP contribution in [0.1, 0.15) is 10.4 Å². The maximum atomic E-state index is 11.8. The van der Waals surface area contributed by atoms with E-state index in [2.05, 4.69) is 15.6 Å². The van der Waals surface area contributed by atoms with E-state index < -0.39 is 5.97 Å². The second kappa shape index (κ2) is 6.76. The normalized spacial score (nSPS) is 10.4. The number of urea groups is 1. The average molecular weight is 291 g/mol. The third-order valence-corrected chi connectivity index (χ3v) is 2.92. The molecule has 7 heteroatoms. The Hall–Kier alpha value is -2.54. The second-order valence-corrected chi connectivity index (χ2v) is 4.33. The van der Waals surface area contributed by atoms with Crippen molar-refractivity contribution in [3.8, 4) is 0 Å². The standard InChI is InChI=1S/C14H17N3O4/c1-20-6-5-16-14(19)17-9-7-11(13(18)21-2)10-3-4-15-12(10)8-9/h3-4,7-8,15H,5-6H2,1-2H3,(H2,16,17,19). The zero-order valence-corrected chi connectivity index (χ0v) is 11.9. The van der Waals surface area contributed by atoms with Crippen LogP contribution in [0.4, 0.5) is 10.5 Å². The van der Waals surface area contributed by atoms with Crippen molar-refractivity contribution in [3.05, 3.63) is 30.0 Å². The SMILES string of the molecule is COCCNC(=O)Nc1cc(C(=O)OC)c2cc[nH]c2c1. The molecule has 1 heterocycles. The predicted molar refractivity (Wildman–Crippen MR) is 78.5 cm³/mol. The van der Waals surface area contributed by atoms with Gasteiger partial charge in [0.25, 0.3) is 0 Å². The fourth-order valence-electron chi connectivity index (χ4n) is 1.96. The van der Waals surface area contributed by atoms with Crippen molar-refractivity contribution >= 4 is 28.6 Å². The third kappa shape index (κ3) is 3.51. The summed E-state index contributed by atoms with van der Waals surface area (Å²) in [7, 11) is 2.87. The lowest BCUT2D eigenvalue weighted by atomic mass is 10.1. The molecular weight excluding hydrogens is 274 g/mol. The fraction of sp³-hybridized carbons (Fsp3) is 0.286. The Balaban J connectivity index is 2.20. The number of methoxy groups -OCH3 is 2. The molecule has 0 aliphatic rings. The molecule has 0 bridgehead atoms. The van der Waals surface area contributed by atoms with Gasteiger partial charge in [-0.15, -0.1) is 0 Å². The topological polar surface area (TPSA) is 92.5 Å². The van der Waals surface area contributed by atoms with Crippen LogP contribution in [0.15, 0.2) is 24.4 Å². The van der Waals surface area contributed by atoms with E-state index in [-0.39, 0.29) is 6.03 Å². The molecule has 3 N–H and O–H groups in total. The van der Waals surface area contributed by atoms with E-state index in [0.29, 0.717) is 24.4 Å². The molecule has 7 nitrogen and oxygen atoms in total. The predicted octanol–water partition coefficient (Wildman–Crippen LogP) is 1.72. The number of carbonyl (C=O) groups excluding carboxylic acids is 2. The minimum atomic E-state index is -0.456. The highest BCUT2D eigenvalue weighted by atomic mass is 16.5. The molecule has 2 amide bonds. The van der Waals surface area contributed by atoms with Crippen molar-refractivity contribution in [1.82, 2.24) is 10.3 Å². The maximum Gasteiger partial charge on any atom is 0.338 e. The van der Waals surface area contributed by atoms with Gasteiger partial charge in [0.05, 0.1) is 19.3 Å². The van der Waals surface area contributed by atoms with E-state index in [1.54, 1.807) is 31.5 Å². The van der Waals surface area contributed by atoms with Crippen molar-refractivity contribution < 1.29 is 19.1 Å². The summed E-state index contributed by atoms with van der Waals surface area (Å²) in [5.41, 5.74) is 1.63. The van der Waals surface area contributed by atoms with Crippen LogP contribution in [-0.2, 0) is 9.47 Å². The Morgan fingerprint density at radius 1 is 1.29 bits per heavy atom. The Labute approximate surface area is 121 Å². The number of anilines is 1. The van der Waals surface area contributed by atoms with Gasteiger partial charge in [0, 0.05) is 36.4 Å². The van der Waals surface area contributed by atoms with Crippen LogP contribution in [-0.4, -0.2) is 44.4 Å². The summed E-state index contributed by atoms with van der Waals surface area (Å²) in [6.45, 7) is 0.827. The molecule has 0 unspecified atom stereocenters. The molecule has 0 saturated carbocycles. The number of hydrogen-bond donors (Lipinski definition) is 3. The number of rotatable bonds is 5. The molecule has 0 aliphatic carbocycles. The van der Waals surface area contributed by atoms with Crippen LogP contribution in [0.25, 0.3) is 10.9 Å². The number of carbonyl (C=O) groups is 2. The first kappa shape index (κ1) is 14.9. The molecule has 2 aromatic rings. The minimum Gasteiger partial charge on any atom is -0.465 e. The molecule has 1 aromatic heterocycles. The number of ether oxygens (including phenoxy) is 2. The monoisotopic (exact) mass is 291 g/mol. The summed E-state index contributed by atoms with van der Waals surface area (Å²) in [5, 5.41) is 6.05. The van der Waals surface area contributed by atoms with E-state index in [1.165, 1.54) is 7.11 Å². The first-order valence-corrected chi connectivity index (χ1v) is 6.39. The van der Waals surface area contributed by atoms with Gasteiger partial charge in [-0.3, -0.25) is 0 Å². The molecule has 0 aliphatic heterocycles. The van der Waals surface area contributed by atoms with Gasteiger partial charge in [-0.25, -0.2) is 9.59 Å². The van der Waals surface area contributed by atoms with E-state index in [9.17, 15) is 9.59 Å². The second-order valence-electron chi connectivity index (χ2n) is 4.33. The van der Waals surface area contributed by atoms with Crippen LogP contribution in [0.5, 0.6) is 0 Å². The van der Waals surface area contributed by atoms with E-state index in [1.807, 2.05) is 0 Å². The van der Waals surface area contributed by atoms with Crippen LogP contribution in [0.3, 0.4) is 0 Å². The summed E-state index contributed by atoms with van der Waals surface area (Å²) in [5.74, 6) is -0.456. The first-order valence-electron chi connectivity index (χ1n) is 6.39. The Morgan fingerprint density at radius 3 is 2.81 bits per heavy atom. The number of fused-ring (bicyclic) bond motifs is 1. The van der Waals surface area contributed by atoms with Crippen molar-refractivity contribution in [2.75, 3.05) is 32.7 Å². The number of H-pyrrole nitrogens is 1. The van der Waals surface area contributed by atoms with Crippen LogP contribution < -0.4 is 10.6 Å². The van der Waals surface area contributed by atoms with Crippen LogP contribution >= 0.6 is 0 Å². The molecule has 0 atom stereocenters. The smallest absolute Gasteiger partial charge is 0.338 e. The fourth-order valence-corrected chi connectivity index (χ4v) is 1.96. The van der Waals surface area contributed by atoms with Crippen molar-refractivity contribution in [3.63, 3.8) is 0 Å². The minimum absolute atomic E-state index is 0.367.